The first kappa shape index (κ1) is 26.9. The van der Waals surface area contributed by atoms with Gasteiger partial charge in [0.15, 0.2) is 0 Å². The second-order valence-electron chi connectivity index (χ2n) is 9.25. The van der Waals surface area contributed by atoms with Gasteiger partial charge in [0.1, 0.15) is 5.60 Å². The molecular formula is C24H40N2O5. The largest absolute Gasteiger partial charge is 0.469 e. The third-order valence-electron chi connectivity index (χ3n) is 5.01. The minimum Gasteiger partial charge on any atom is -0.469 e. The fraction of sp³-hybridized carbons (Fsp3) is 0.708. The molecule has 176 valence electrons. The first-order valence-corrected chi connectivity index (χ1v) is 11.2. The summed E-state index contributed by atoms with van der Waals surface area (Å²) in [6.45, 7) is 9.83. The molecule has 1 amide bonds. The van der Waals surface area contributed by atoms with Crippen molar-refractivity contribution in [3.63, 3.8) is 0 Å². The van der Waals surface area contributed by atoms with Crippen molar-refractivity contribution in [1.29, 1.82) is 0 Å². The highest BCUT2D eigenvalue weighted by Crippen LogP contribution is 2.32. The van der Waals surface area contributed by atoms with Crippen molar-refractivity contribution < 1.29 is 23.9 Å². The zero-order valence-electron chi connectivity index (χ0n) is 19.8. The highest BCUT2D eigenvalue weighted by molar-refractivity contribution is 5.80. The molecule has 0 aromatic rings. The Hall–Kier alpha value is -2.15. The molecule has 1 aliphatic rings. The standard InChI is InChI=1S/C24H40N2O5/c1-23(2,3)31-22(29)24(4)14-12-19(13-15-24)18-25-16-8-9-17-26-20(27)10-6-7-11-21(28)30-5/h12-14,25H,6-11,15-18H2,1-5H3,(H,26,27). The molecule has 0 aliphatic heterocycles. The molecule has 0 bridgehead atoms. The number of amides is 1. The Kier molecular flexibility index (Phi) is 11.5. The number of unbranched alkanes of at least 4 members (excludes halogenated alkanes) is 2. The summed E-state index contributed by atoms with van der Waals surface area (Å²) in [6, 6.07) is 0. The van der Waals surface area contributed by atoms with E-state index >= 15 is 0 Å². The molecule has 0 spiro atoms. The number of rotatable bonds is 13. The lowest BCUT2D eigenvalue weighted by atomic mass is 9.82. The van der Waals surface area contributed by atoms with Gasteiger partial charge in [-0.3, -0.25) is 14.4 Å². The van der Waals surface area contributed by atoms with Gasteiger partial charge in [-0.15, -0.1) is 0 Å². The van der Waals surface area contributed by atoms with Crippen LogP contribution in [0.1, 0.15) is 72.6 Å². The SMILES string of the molecule is COC(=O)CCCCC(=O)NCCCCNCC1=CCC(C)(C(=O)OC(C)(C)C)C=C1. The number of nitrogens with one attached hydrogen (secondary N) is 2. The van der Waals surface area contributed by atoms with Gasteiger partial charge in [-0.1, -0.05) is 18.2 Å². The van der Waals surface area contributed by atoms with Crippen molar-refractivity contribution in [3.8, 4) is 0 Å². The van der Waals surface area contributed by atoms with Gasteiger partial charge in [-0.05, 0) is 71.9 Å². The summed E-state index contributed by atoms with van der Waals surface area (Å²) in [4.78, 5) is 35.1. The zero-order chi connectivity index (χ0) is 23.3. The Morgan fingerprint density at radius 3 is 2.35 bits per heavy atom. The minimum atomic E-state index is -0.603. The number of allylic oxidation sites excluding steroid dienone is 1. The second-order valence-corrected chi connectivity index (χ2v) is 9.25. The molecule has 0 saturated carbocycles. The lowest BCUT2D eigenvalue weighted by molar-refractivity contribution is -0.163. The van der Waals surface area contributed by atoms with Crippen LogP contribution in [0, 0.1) is 5.41 Å². The molecule has 0 radical (unpaired) electrons. The average molecular weight is 437 g/mol. The van der Waals surface area contributed by atoms with Crippen LogP contribution in [0.15, 0.2) is 23.8 Å². The number of methoxy groups -OCH3 is 1. The number of ether oxygens (including phenoxy) is 2. The predicted molar refractivity (Wildman–Crippen MR) is 121 cm³/mol. The fourth-order valence-electron chi connectivity index (χ4n) is 3.03. The van der Waals surface area contributed by atoms with Crippen molar-refractivity contribution in [2.24, 2.45) is 5.41 Å². The average Bonchev–Trinajstić information content (AvgIpc) is 2.70. The van der Waals surface area contributed by atoms with E-state index in [1.165, 1.54) is 12.7 Å². The van der Waals surface area contributed by atoms with Crippen LogP contribution in [0.3, 0.4) is 0 Å². The van der Waals surface area contributed by atoms with Crippen LogP contribution in [0.2, 0.25) is 0 Å². The van der Waals surface area contributed by atoms with Gasteiger partial charge in [0.2, 0.25) is 5.91 Å². The summed E-state index contributed by atoms with van der Waals surface area (Å²) >= 11 is 0. The maximum Gasteiger partial charge on any atom is 0.316 e. The van der Waals surface area contributed by atoms with Crippen LogP contribution in [-0.4, -0.2) is 50.2 Å². The van der Waals surface area contributed by atoms with Crippen molar-refractivity contribution in [1.82, 2.24) is 10.6 Å². The van der Waals surface area contributed by atoms with Crippen LogP contribution in [-0.2, 0) is 23.9 Å². The predicted octanol–water partition coefficient (Wildman–Crippen LogP) is 3.44. The molecule has 1 atom stereocenters. The van der Waals surface area contributed by atoms with Crippen molar-refractivity contribution in [2.45, 2.75) is 78.2 Å². The molecule has 0 fully saturated rings. The molecule has 1 rings (SSSR count). The Balaban J connectivity index is 2.09. The van der Waals surface area contributed by atoms with Gasteiger partial charge in [0, 0.05) is 25.9 Å². The molecule has 7 nitrogen and oxygen atoms in total. The van der Waals surface area contributed by atoms with Crippen molar-refractivity contribution in [3.05, 3.63) is 23.8 Å². The highest BCUT2D eigenvalue weighted by Gasteiger charge is 2.35. The maximum atomic E-state index is 12.4. The van der Waals surface area contributed by atoms with Crippen LogP contribution >= 0.6 is 0 Å². The van der Waals surface area contributed by atoms with Crippen LogP contribution in [0.5, 0.6) is 0 Å². The quantitative estimate of drug-likeness (QED) is 0.339. The Morgan fingerprint density at radius 1 is 1.06 bits per heavy atom. The summed E-state index contributed by atoms with van der Waals surface area (Å²) in [5, 5.41) is 6.32. The summed E-state index contributed by atoms with van der Waals surface area (Å²) < 4.78 is 10.1. The first-order valence-electron chi connectivity index (χ1n) is 11.2. The van der Waals surface area contributed by atoms with E-state index in [0.717, 1.165) is 25.9 Å². The normalized spacial score (nSPS) is 18.3. The molecular weight excluding hydrogens is 396 g/mol. The third kappa shape index (κ3) is 11.7. The van der Waals surface area contributed by atoms with E-state index in [0.29, 0.717) is 38.6 Å². The van der Waals surface area contributed by atoms with Crippen LogP contribution < -0.4 is 10.6 Å². The van der Waals surface area contributed by atoms with Gasteiger partial charge >= 0.3 is 11.9 Å². The molecule has 0 aromatic carbocycles. The molecule has 2 N–H and O–H groups in total. The van der Waals surface area contributed by atoms with E-state index in [2.05, 4.69) is 21.4 Å². The zero-order valence-corrected chi connectivity index (χ0v) is 19.8. The van der Waals surface area contributed by atoms with Gasteiger partial charge in [0.25, 0.3) is 0 Å². The molecule has 1 aliphatic carbocycles. The minimum absolute atomic E-state index is 0.0309. The Labute approximate surface area is 187 Å². The molecule has 1 unspecified atom stereocenters. The number of carbonyl (C=O) groups excluding carboxylic acids is 3. The van der Waals surface area contributed by atoms with E-state index in [1.54, 1.807) is 0 Å². The summed E-state index contributed by atoms with van der Waals surface area (Å²) in [5.74, 6) is -0.391. The number of carbonyl (C=O) groups is 3. The summed E-state index contributed by atoms with van der Waals surface area (Å²) in [6.07, 6.45) is 10.7. The number of esters is 2. The molecule has 7 heteroatoms. The van der Waals surface area contributed by atoms with Crippen molar-refractivity contribution >= 4 is 17.8 Å². The van der Waals surface area contributed by atoms with E-state index in [4.69, 9.17) is 4.74 Å². The van der Waals surface area contributed by atoms with E-state index in [-0.39, 0.29) is 17.8 Å². The van der Waals surface area contributed by atoms with Crippen LogP contribution in [0.4, 0.5) is 0 Å². The smallest absolute Gasteiger partial charge is 0.316 e. The molecule has 31 heavy (non-hydrogen) atoms. The van der Waals surface area contributed by atoms with Crippen LogP contribution in [0.25, 0.3) is 0 Å². The summed E-state index contributed by atoms with van der Waals surface area (Å²) in [5.41, 5.74) is 0.0823. The van der Waals surface area contributed by atoms with Gasteiger partial charge in [0.05, 0.1) is 12.5 Å². The summed E-state index contributed by atoms with van der Waals surface area (Å²) in [7, 11) is 1.37. The number of hydrogen-bond donors (Lipinski definition) is 2. The van der Waals surface area contributed by atoms with Gasteiger partial charge in [-0.25, -0.2) is 0 Å². The second kappa shape index (κ2) is 13.3. The first-order chi connectivity index (χ1) is 14.6. The van der Waals surface area contributed by atoms with Gasteiger partial charge in [-0.2, -0.15) is 0 Å². The topological polar surface area (TPSA) is 93.7 Å². The highest BCUT2D eigenvalue weighted by atomic mass is 16.6. The number of hydrogen-bond acceptors (Lipinski definition) is 6. The van der Waals surface area contributed by atoms with E-state index < -0.39 is 11.0 Å². The van der Waals surface area contributed by atoms with E-state index in [9.17, 15) is 14.4 Å². The Bertz CT molecular complexity index is 663. The monoisotopic (exact) mass is 436 g/mol. The molecule has 0 saturated heterocycles. The molecule has 0 heterocycles. The molecule has 0 aromatic heterocycles. The fourth-order valence-corrected chi connectivity index (χ4v) is 3.03. The Morgan fingerprint density at radius 2 is 1.74 bits per heavy atom. The third-order valence-corrected chi connectivity index (χ3v) is 5.01. The maximum absolute atomic E-state index is 12.4. The lowest BCUT2D eigenvalue weighted by Gasteiger charge is -2.30. The van der Waals surface area contributed by atoms with Gasteiger partial charge < -0.3 is 20.1 Å². The van der Waals surface area contributed by atoms with Crippen molar-refractivity contribution in [2.75, 3.05) is 26.7 Å². The lowest BCUT2D eigenvalue weighted by Crippen LogP contribution is -2.35. The van der Waals surface area contributed by atoms with E-state index in [1.807, 2.05) is 39.8 Å².